The SMILES string of the molecule is CCCN(CCN(C)C)Cc1ccc(F)cc1C(N)=NO. The fourth-order valence-electron chi connectivity index (χ4n) is 2.15. The molecule has 0 aliphatic carbocycles. The standard InChI is InChI=1S/C15H25FN4O/c1-4-7-20(9-8-19(2)3)11-12-5-6-13(16)10-14(12)15(17)18-21/h5-6,10,21H,4,7-9,11H2,1-3H3,(H2,17,18). The third kappa shape index (κ3) is 5.69. The van der Waals surface area contributed by atoms with Crippen LogP contribution < -0.4 is 5.73 Å². The maximum absolute atomic E-state index is 13.4. The van der Waals surface area contributed by atoms with Gasteiger partial charge in [-0.15, -0.1) is 0 Å². The maximum atomic E-state index is 13.4. The van der Waals surface area contributed by atoms with Crippen LogP contribution in [0.5, 0.6) is 0 Å². The summed E-state index contributed by atoms with van der Waals surface area (Å²) in [6.45, 7) is 5.57. The van der Waals surface area contributed by atoms with Gasteiger partial charge in [-0.3, -0.25) is 4.90 Å². The molecule has 0 unspecified atom stereocenters. The molecule has 0 bridgehead atoms. The average molecular weight is 296 g/mol. The molecule has 0 fully saturated rings. The lowest BCUT2D eigenvalue weighted by molar-refractivity contribution is 0.234. The largest absolute Gasteiger partial charge is 0.409 e. The lowest BCUT2D eigenvalue weighted by Crippen LogP contribution is -2.32. The molecule has 0 radical (unpaired) electrons. The number of amidine groups is 1. The Kier molecular flexibility index (Phi) is 7.11. The molecule has 0 saturated carbocycles. The number of rotatable bonds is 8. The second-order valence-corrected chi connectivity index (χ2v) is 5.37. The van der Waals surface area contributed by atoms with Crippen LogP contribution in [0.15, 0.2) is 23.4 Å². The number of nitrogens with two attached hydrogens (primary N) is 1. The van der Waals surface area contributed by atoms with Crippen molar-refractivity contribution in [3.8, 4) is 0 Å². The van der Waals surface area contributed by atoms with Crippen molar-refractivity contribution in [2.24, 2.45) is 10.9 Å². The first-order chi connectivity index (χ1) is 9.97. The molecular weight excluding hydrogens is 271 g/mol. The lowest BCUT2D eigenvalue weighted by atomic mass is 10.1. The maximum Gasteiger partial charge on any atom is 0.170 e. The van der Waals surface area contributed by atoms with Crippen molar-refractivity contribution in [2.45, 2.75) is 19.9 Å². The van der Waals surface area contributed by atoms with Crippen LogP contribution in [0.2, 0.25) is 0 Å². The van der Waals surface area contributed by atoms with E-state index in [0.29, 0.717) is 12.1 Å². The fourth-order valence-corrected chi connectivity index (χ4v) is 2.15. The van der Waals surface area contributed by atoms with Gasteiger partial charge in [0, 0.05) is 25.2 Å². The van der Waals surface area contributed by atoms with Crippen molar-refractivity contribution in [1.29, 1.82) is 0 Å². The number of halogens is 1. The van der Waals surface area contributed by atoms with E-state index in [1.807, 2.05) is 14.1 Å². The van der Waals surface area contributed by atoms with Crippen LogP contribution in [0.25, 0.3) is 0 Å². The van der Waals surface area contributed by atoms with Crippen LogP contribution in [-0.4, -0.2) is 54.6 Å². The van der Waals surface area contributed by atoms with Crippen LogP contribution >= 0.6 is 0 Å². The third-order valence-corrected chi connectivity index (χ3v) is 3.25. The highest BCUT2D eigenvalue weighted by Gasteiger charge is 2.12. The van der Waals surface area contributed by atoms with Gasteiger partial charge < -0.3 is 15.8 Å². The van der Waals surface area contributed by atoms with Crippen LogP contribution in [-0.2, 0) is 6.54 Å². The summed E-state index contributed by atoms with van der Waals surface area (Å²) >= 11 is 0. The zero-order valence-electron chi connectivity index (χ0n) is 13.0. The minimum Gasteiger partial charge on any atom is -0.409 e. The predicted molar refractivity (Wildman–Crippen MR) is 83.0 cm³/mol. The summed E-state index contributed by atoms with van der Waals surface area (Å²) in [6, 6.07) is 4.40. The fraction of sp³-hybridized carbons (Fsp3) is 0.533. The number of hydrogen-bond acceptors (Lipinski definition) is 4. The van der Waals surface area contributed by atoms with Crippen molar-refractivity contribution < 1.29 is 9.60 Å². The predicted octanol–water partition coefficient (Wildman–Crippen LogP) is 1.69. The van der Waals surface area contributed by atoms with Crippen molar-refractivity contribution in [1.82, 2.24) is 9.80 Å². The Bertz CT molecular complexity index is 477. The Morgan fingerprint density at radius 3 is 2.57 bits per heavy atom. The van der Waals surface area contributed by atoms with Gasteiger partial charge in [-0.1, -0.05) is 18.1 Å². The van der Waals surface area contributed by atoms with E-state index in [2.05, 4.69) is 21.9 Å². The molecule has 0 aromatic heterocycles. The molecule has 0 aliphatic rings. The zero-order chi connectivity index (χ0) is 15.8. The highest BCUT2D eigenvalue weighted by atomic mass is 19.1. The molecule has 0 aliphatic heterocycles. The van der Waals surface area contributed by atoms with E-state index in [0.717, 1.165) is 31.6 Å². The Balaban J connectivity index is 2.92. The molecule has 0 amide bonds. The molecule has 0 saturated heterocycles. The molecular formula is C15H25FN4O. The van der Waals surface area contributed by atoms with Crippen LogP contribution in [0, 0.1) is 5.82 Å². The molecule has 3 N–H and O–H groups in total. The number of likely N-dealkylation sites (N-methyl/N-ethyl adjacent to an activating group) is 1. The van der Waals surface area contributed by atoms with Gasteiger partial charge in [0.1, 0.15) is 5.82 Å². The summed E-state index contributed by atoms with van der Waals surface area (Å²) < 4.78 is 13.4. The van der Waals surface area contributed by atoms with E-state index < -0.39 is 5.82 Å². The van der Waals surface area contributed by atoms with Gasteiger partial charge >= 0.3 is 0 Å². The number of nitrogens with zero attached hydrogens (tertiary/aromatic N) is 3. The molecule has 0 heterocycles. The zero-order valence-corrected chi connectivity index (χ0v) is 13.0. The van der Waals surface area contributed by atoms with E-state index in [1.165, 1.54) is 12.1 Å². The molecule has 21 heavy (non-hydrogen) atoms. The Morgan fingerprint density at radius 2 is 2.00 bits per heavy atom. The molecule has 6 heteroatoms. The smallest absolute Gasteiger partial charge is 0.170 e. The summed E-state index contributed by atoms with van der Waals surface area (Å²) in [5.74, 6) is -0.454. The summed E-state index contributed by atoms with van der Waals surface area (Å²) in [5.41, 5.74) is 6.95. The van der Waals surface area contributed by atoms with Gasteiger partial charge in [-0.2, -0.15) is 0 Å². The summed E-state index contributed by atoms with van der Waals surface area (Å²) in [7, 11) is 4.06. The van der Waals surface area contributed by atoms with Gasteiger partial charge in [0.25, 0.3) is 0 Å². The summed E-state index contributed by atoms with van der Waals surface area (Å²) in [6.07, 6.45) is 1.04. The number of hydrogen-bond donors (Lipinski definition) is 2. The highest BCUT2D eigenvalue weighted by molar-refractivity contribution is 5.98. The first-order valence-corrected chi connectivity index (χ1v) is 7.11. The Morgan fingerprint density at radius 1 is 1.29 bits per heavy atom. The topological polar surface area (TPSA) is 65.1 Å². The second-order valence-electron chi connectivity index (χ2n) is 5.37. The van der Waals surface area contributed by atoms with Gasteiger partial charge in [0.05, 0.1) is 0 Å². The highest BCUT2D eigenvalue weighted by Crippen LogP contribution is 2.14. The van der Waals surface area contributed by atoms with E-state index in [4.69, 9.17) is 10.9 Å². The summed E-state index contributed by atoms with van der Waals surface area (Å²) in [5, 5.41) is 11.8. The van der Waals surface area contributed by atoms with Gasteiger partial charge in [-0.05, 0) is 44.8 Å². The first kappa shape index (κ1) is 17.4. The molecule has 1 rings (SSSR count). The van der Waals surface area contributed by atoms with Crippen molar-refractivity contribution in [2.75, 3.05) is 33.7 Å². The number of oxime groups is 1. The van der Waals surface area contributed by atoms with E-state index >= 15 is 0 Å². The van der Waals surface area contributed by atoms with Gasteiger partial charge in [0.15, 0.2) is 5.84 Å². The monoisotopic (exact) mass is 296 g/mol. The van der Waals surface area contributed by atoms with Gasteiger partial charge in [0.2, 0.25) is 0 Å². The van der Waals surface area contributed by atoms with Crippen LogP contribution in [0.1, 0.15) is 24.5 Å². The molecule has 1 aromatic rings. The van der Waals surface area contributed by atoms with Crippen molar-refractivity contribution in [3.63, 3.8) is 0 Å². The molecule has 5 nitrogen and oxygen atoms in total. The first-order valence-electron chi connectivity index (χ1n) is 7.11. The van der Waals surface area contributed by atoms with Crippen LogP contribution in [0.4, 0.5) is 4.39 Å². The summed E-state index contributed by atoms with van der Waals surface area (Å²) in [4.78, 5) is 4.40. The molecule has 118 valence electrons. The molecule has 0 spiro atoms. The Hall–Kier alpha value is -1.66. The van der Waals surface area contributed by atoms with Crippen LogP contribution in [0.3, 0.4) is 0 Å². The van der Waals surface area contributed by atoms with E-state index in [9.17, 15) is 4.39 Å². The number of benzene rings is 1. The molecule has 0 atom stereocenters. The Labute approximate surface area is 125 Å². The minimum atomic E-state index is -0.393. The van der Waals surface area contributed by atoms with E-state index in [1.54, 1.807) is 6.07 Å². The minimum absolute atomic E-state index is 0.0615. The normalized spacial score (nSPS) is 12.4. The second kappa shape index (κ2) is 8.59. The molecule has 1 aromatic carbocycles. The van der Waals surface area contributed by atoms with Crippen molar-refractivity contribution >= 4 is 5.84 Å². The van der Waals surface area contributed by atoms with Crippen molar-refractivity contribution in [3.05, 3.63) is 35.1 Å². The lowest BCUT2D eigenvalue weighted by Gasteiger charge is -2.24. The van der Waals surface area contributed by atoms with Gasteiger partial charge in [-0.25, -0.2) is 4.39 Å². The van der Waals surface area contributed by atoms with E-state index in [-0.39, 0.29) is 5.84 Å². The third-order valence-electron chi connectivity index (χ3n) is 3.25. The average Bonchev–Trinajstić information content (AvgIpc) is 2.45. The quantitative estimate of drug-likeness (QED) is 0.332.